The van der Waals surface area contributed by atoms with E-state index in [1.165, 1.54) is 17.8 Å². The lowest BCUT2D eigenvalue weighted by Crippen LogP contribution is -2.41. The van der Waals surface area contributed by atoms with Crippen molar-refractivity contribution in [1.29, 1.82) is 0 Å². The molecule has 0 saturated carbocycles. The number of thiophene rings is 1. The summed E-state index contributed by atoms with van der Waals surface area (Å²) in [6, 6.07) is 3.90. The first-order valence-electron chi connectivity index (χ1n) is 8.18. The third-order valence-corrected chi connectivity index (χ3v) is 6.84. The number of rotatable bonds is 3. The van der Waals surface area contributed by atoms with Crippen LogP contribution < -0.4 is 0 Å². The summed E-state index contributed by atoms with van der Waals surface area (Å²) in [5, 5.41) is 5.24. The minimum absolute atomic E-state index is 0.224. The largest absolute Gasteiger partial charge is 0.337 e. The Bertz CT molecular complexity index is 645. The summed E-state index contributed by atoms with van der Waals surface area (Å²) in [6.07, 6.45) is 5.45. The van der Waals surface area contributed by atoms with Gasteiger partial charge < -0.3 is 4.90 Å². The average Bonchev–Trinajstić information content (AvgIpc) is 3.31. The van der Waals surface area contributed by atoms with E-state index in [9.17, 15) is 4.79 Å². The molecule has 0 aliphatic carbocycles. The number of piperidine rings is 1. The molecular formula is C17H21N3OS2. The van der Waals surface area contributed by atoms with Gasteiger partial charge in [-0.3, -0.25) is 9.69 Å². The summed E-state index contributed by atoms with van der Waals surface area (Å²) in [4.78, 5) is 22.4. The zero-order chi connectivity index (χ0) is 15.7. The zero-order valence-corrected chi connectivity index (χ0v) is 14.7. The number of nitrogens with zero attached hydrogens (tertiary/aromatic N) is 3. The molecular weight excluding hydrogens is 326 g/mol. The van der Waals surface area contributed by atoms with Gasteiger partial charge in [0.05, 0.1) is 11.4 Å². The van der Waals surface area contributed by atoms with Crippen LogP contribution in [-0.2, 0) is 6.54 Å². The Labute approximate surface area is 144 Å². The molecule has 2 aliphatic rings. The van der Waals surface area contributed by atoms with Crippen LogP contribution >= 0.6 is 22.7 Å². The number of thiazole rings is 1. The lowest BCUT2D eigenvalue weighted by atomic mass is 9.78. The van der Waals surface area contributed by atoms with E-state index in [4.69, 9.17) is 0 Å². The zero-order valence-electron chi connectivity index (χ0n) is 13.1. The van der Waals surface area contributed by atoms with Gasteiger partial charge in [-0.1, -0.05) is 6.07 Å². The molecule has 122 valence electrons. The van der Waals surface area contributed by atoms with Crippen molar-refractivity contribution in [3.05, 3.63) is 39.0 Å². The van der Waals surface area contributed by atoms with E-state index in [0.717, 1.165) is 44.0 Å². The van der Waals surface area contributed by atoms with Crippen molar-refractivity contribution in [3.63, 3.8) is 0 Å². The average molecular weight is 348 g/mol. The van der Waals surface area contributed by atoms with Crippen LogP contribution in [0.5, 0.6) is 0 Å². The maximum absolute atomic E-state index is 12.5. The number of hydrogen-bond acceptors (Lipinski definition) is 5. The molecule has 0 bridgehead atoms. The van der Waals surface area contributed by atoms with Crippen molar-refractivity contribution in [2.24, 2.45) is 5.41 Å². The summed E-state index contributed by atoms with van der Waals surface area (Å²) in [6.45, 7) is 5.09. The fourth-order valence-corrected chi connectivity index (χ4v) is 5.13. The van der Waals surface area contributed by atoms with Crippen LogP contribution in [0.1, 0.15) is 33.9 Å². The summed E-state index contributed by atoms with van der Waals surface area (Å²) in [5.41, 5.74) is 0.353. The molecule has 0 aromatic carbocycles. The molecule has 4 heterocycles. The SMILES string of the molecule is O=C(c1cccs1)N1CCC2(CCN(Cc3nccs3)CC2)C1. The summed E-state index contributed by atoms with van der Waals surface area (Å²) >= 11 is 3.29. The van der Waals surface area contributed by atoms with Crippen molar-refractivity contribution in [3.8, 4) is 0 Å². The lowest BCUT2D eigenvalue weighted by Gasteiger charge is -2.39. The highest BCUT2D eigenvalue weighted by molar-refractivity contribution is 7.12. The lowest BCUT2D eigenvalue weighted by molar-refractivity contribution is 0.0718. The minimum Gasteiger partial charge on any atom is -0.337 e. The van der Waals surface area contributed by atoms with Crippen molar-refractivity contribution in [2.45, 2.75) is 25.8 Å². The van der Waals surface area contributed by atoms with E-state index in [2.05, 4.69) is 14.8 Å². The number of carbonyl (C=O) groups excluding carboxylic acids is 1. The third-order valence-electron chi connectivity index (χ3n) is 5.22. The van der Waals surface area contributed by atoms with Gasteiger partial charge in [0.15, 0.2) is 0 Å². The van der Waals surface area contributed by atoms with Gasteiger partial charge in [-0.05, 0) is 49.2 Å². The van der Waals surface area contributed by atoms with Gasteiger partial charge >= 0.3 is 0 Å². The molecule has 4 rings (SSSR count). The number of likely N-dealkylation sites (tertiary alicyclic amines) is 2. The highest BCUT2D eigenvalue weighted by atomic mass is 32.1. The molecule has 1 amide bonds. The molecule has 2 aliphatic heterocycles. The van der Waals surface area contributed by atoms with Crippen LogP contribution in [0.2, 0.25) is 0 Å². The molecule has 6 heteroatoms. The predicted molar refractivity (Wildman–Crippen MR) is 93.9 cm³/mol. The maximum atomic E-state index is 12.5. The minimum atomic E-state index is 0.224. The van der Waals surface area contributed by atoms with Crippen LogP contribution in [0.3, 0.4) is 0 Å². The summed E-state index contributed by atoms with van der Waals surface area (Å²) < 4.78 is 0. The van der Waals surface area contributed by atoms with E-state index in [0.29, 0.717) is 5.41 Å². The van der Waals surface area contributed by atoms with Gasteiger partial charge in [0.1, 0.15) is 5.01 Å². The van der Waals surface area contributed by atoms with Gasteiger partial charge in [0.25, 0.3) is 5.91 Å². The highest BCUT2D eigenvalue weighted by Gasteiger charge is 2.42. The molecule has 2 aromatic rings. The van der Waals surface area contributed by atoms with Crippen LogP contribution in [0, 0.1) is 5.41 Å². The number of carbonyl (C=O) groups is 1. The number of aromatic nitrogens is 1. The summed E-state index contributed by atoms with van der Waals surface area (Å²) in [7, 11) is 0. The predicted octanol–water partition coefficient (Wildman–Crippen LogP) is 3.33. The van der Waals surface area contributed by atoms with E-state index < -0.39 is 0 Å². The normalized spacial score (nSPS) is 21.1. The molecule has 2 fully saturated rings. The van der Waals surface area contributed by atoms with E-state index in [1.54, 1.807) is 22.7 Å². The van der Waals surface area contributed by atoms with Gasteiger partial charge in [-0.25, -0.2) is 4.98 Å². The Hall–Kier alpha value is -1.24. The van der Waals surface area contributed by atoms with Gasteiger partial charge in [0.2, 0.25) is 0 Å². The molecule has 2 saturated heterocycles. The second-order valence-electron chi connectivity index (χ2n) is 6.66. The topological polar surface area (TPSA) is 36.4 Å². The third kappa shape index (κ3) is 3.20. The molecule has 4 nitrogen and oxygen atoms in total. The molecule has 1 spiro atoms. The maximum Gasteiger partial charge on any atom is 0.263 e. The monoisotopic (exact) mass is 347 g/mol. The van der Waals surface area contributed by atoms with Gasteiger partial charge in [-0.2, -0.15) is 0 Å². The van der Waals surface area contributed by atoms with E-state index in [-0.39, 0.29) is 5.91 Å². The van der Waals surface area contributed by atoms with Crippen LogP contribution in [0.4, 0.5) is 0 Å². The molecule has 0 unspecified atom stereocenters. The second kappa shape index (κ2) is 6.34. The first-order valence-corrected chi connectivity index (χ1v) is 9.94. The Morgan fingerprint density at radius 3 is 2.70 bits per heavy atom. The molecule has 2 aromatic heterocycles. The van der Waals surface area contributed by atoms with Gasteiger partial charge in [0, 0.05) is 24.7 Å². The Balaban J connectivity index is 1.34. The number of hydrogen-bond donors (Lipinski definition) is 0. The van der Waals surface area contributed by atoms with E-state index >= 15 is 0 Å². The molecule has 23 heavy (non-hydrogen) atoms. The fourth-order valence-electron chi connectivity index (χ4n) is 3.78. The van der Waals surface area contributed by atoms with Crippen LogP contribution in [-0.4, -0.2) is 46.9 Å². The molecule has 0 radical (unpaired) electrons. The van der Waals surface area contributed by atoms with Crippen LogP contribution in [0.25, 0.3) is 0 Å². The Kier molecular flexibility index (Phi) is 4.22. The highest BCUT2D eigenvalue weighted by Crippen LogP contribution is 2.41. The molecule has 0 N–H and O–H groups in total. The van der Waals surface area contributed by atoms with Crippen molar-refractivity contribution < 1.29 is 4.79 Å². The van der Waals surface area contributed by atoms with Crippen molar-refractivity contribution >= 4 is 28.6 Å². The van der Waals surface area contributed by atoms with Crippen LogP contribution in [0.15, 0.2) is 29.1 Å². The second-order valence-corrected chi connectivity index (χ2v) is 8.58. The standard InChI is InChI=1S/C17H21N3OS2/c21-16(14-2-1-10-22-14)20-9-5-17(13-20)3-7-19(8-4-17)12-15-18-6-11-23-15/h1-2,6,10-11H,3-5,7-9,12-13H2. The Morgan fingerprint density at radius 1 is 1.17 bits per heavy atom. The van der Waals surface area contributed by atoms with Crippen molar-refractivity contribution in [2.75, 3.05) is 26.2 Å². The summed E-state index contributed by atoms with van der Waals surface area (Å²) in [5.74, 6) is 0.224. The first-order chi connectivity index (χ1) is 11.2. The van der Waals surface area contributed by atoms with Gasteiger partial charge in [-0.15, -0.1) is 22.7 Å². The fraction of sp³-hybridized carbons (Fsp3) is 0.529. The van der Waals surface area contributed by atoms with E-state index in [1.807, 2.05) is 29.1 Å². The first kappa shape index (κ1) is 15.3. The Morgan fingerprint density at radius 2 is 2.00 bits per heavy atom. The number of amides is 1. The van der Waals surface area contributed by atoms with Crippen molar-refractivity contribution in [1.82, 2.24) is 14.8 Å². The smallest absolute Gasteiger partial charge is 0.263 e. The quantitative estimate of drug-likeness (QED) is 0.854. The molecule has 0 atom stereocenters.